The molecule has 108 valence electrons. The standard InChI is InChI=1S/C14H13ClF3NO/c1-2-11(13-4-3-7-20-13)19-12-8-9(14(16,17)18)5-6-10(12)15/h3-8,11,19H,2H2,1H3. The van der Waals surface area contributed by atoms with Crippen molar-refractivity contribution < 1.29 is 17.6 Å². The molecular formula is C14H13ClF3NO. The molecular weight excluding hydrogens is 291 g/mol. The second-order valence-corrected chi connectivity index (χ2v) is 4.72. The molecule has 0 saturated heterocycles. The van der Waals surface area contributed by atoms with Gasteiger partial charge in [-0.15, -0.1) is 0 Å². The summed E-state index contributed by atoms with van der Waals surface area (Å²) < 4.78 is 43.4. The Kier molecular flexibility index (Phi) is 4.28. The Bertz CT molecular complexity index is 566. The molecule has 0 aliphatic carbocycles. The molecule has 1 aromatic heterocycles. The highest BCUT2D eigenvalue weighted by Gasteiger charge is 2.31. The average Bonchev–Trinajstić information content (AvgIpc) is 2.90. The zero-order valence-electron chi connectivity index (χ0n) is 10.7. The first-order valence-corrected chi connectivity index (χ1v) is 6.46. The number of hydrogen-bond acceptors (Lipinski definition) is 2. The van der Waals surface area contributed by atoms with Gasteiger partial charge in [-0.2, -0.15) is 13.2 Å². The van der Waals surface area contributed by atoms with Gasteiger partial charge >= 0.3 is 6.18 Å². The van der Waals surface area contributed by atoms with Crippen molar-refractivity contribution in [3.63, 3.8) is 0 Å². The molecule has 20 heavy (non-hydrogen) atoms. The molecule has 1 unspecified atom stereocenters. The van der Waals surface area contributed by atoms with Gasteiger partial charge in [0.25, 0.3) is 0 Å². The Labute approximate surface area is 119 Å². The SMILES string of the molecule is CCC(Nc1cc(C(F)(F)F)ccc1Cl)c1ccco1. The Morgan fingerprint density at radius 1 is 1.30 bits per heavy atom. The number of furan rings is 1. The molecule has 0 saturated carbocycles. The molecule has 6 heteroatoms. The first-order chi connectivity index (χ1) is 9.41. The van der Waals surface area contributed by atoms with E-state index in [0.717, 1.165) is 12.1 Å². The third-order valence-corrected chi connectivity index (χ3v) is 3.25. The zero-order valence-corrected chi connectivity index (χ0v) is 11.4. The topological polar surface area (TPSA) is 25.2 Å². The van der Waals surface area contributed by atoms with Gasteiger partial charge < -0.3 is 9.73 Å². The maximum absolute atomic E-state index is 12.7. The predicted molar refractivity (Wildman–Crippen MR) is 71.8 cm³/mol. The summed E-state index contributed by atoms with van der Waals surface area (Å²) in [4.78, 5) is 0. The van der Waals surface area contributed by atoms with Crippen molar-refractivity contribution in [2.75, 3.05) is 5.32 Å². The van der Waals surface area contributed by atoms with Crippen LogP contribution in [0.15, 0.2) is 41.0 Å². The maximum atomic E-state index is 12.7. The van der Waals surface area contributed by atoms with Crippen LogP contribution in [-0.2, 0) is 6.18 Å². The van der Waals surface area contributed by atoms with E-state index in [0.29, 0.717) is 12.2 Å². The Morgan fingerprint density at radius 2 is 2.05 bits per heavy atom. The molecule has 1 aromatic carbocycles. The molecule has 0 aliphatic rings. The van der Waals surface area contributed by atoms with E-state index in [4.69, 9.17) is 16.0 Å². The second kappa shape index (κ2) is 5.79. The first kappa shape index (κ1) is 14.8. The minimum atomic E-state index is -4.40. The summed E-state index contributed by atoms with van der Waals surface area (Å²) in [5, 5.41) is 3.23. The van der Waals surface area contributed by atoms with Gasteiger partial charge in [0.2, 0.25) is 0 Å². The summed E-state index contributed by atoms with van der Waals surface area (Å²) in [6.07, 6.45) is -2.22. The average molecular weight is 304 g/mol. The lowest BCUT2D eigenvalue weighted by Crippen LogP contribution is -2.11. The van der Waals surface area contributed by atoms with Crippen molar-refractivity contribution in [2.24, 2.45) is 0 Å². The van der Waals surface area contributed by atoms with E-state index in [1.807, 2.05) is 6.92 Å². The molecule has 0 spiro atoms. The van der Waals surface area contributed by atoms with Gasteiger partial charge in [0.15, 0.2) is 0 Å². The van der Waals surface area contributed by atoms with E-state index >= 15 is 0 Å². The summed E-state index contributed by atoms with van der Waals surface area (Å²) in [6, 6.07) is 6.47. The van der Waals surface area contributed by atoms with Gasteiger partial charge in [-0.25, -0.2) is 0 Å². The first-order valence-electron chi connectivity index (χ1n) is 6.08. The predicted octanol–water partition coefficient (Wildman–Crippen LogP) is 5.52. The van der Waals surface area contributed by atoms with Crippen molar-refractivity contribution >= 4 is 17.3 Å². The number of hydrogen-bond donors (Lipinski definition) is 1. The summed E-state index contributed by atoms with van der Waals surface area (Å²) in [6.45, 7) is 1.90. The maximum Gasteiger partial charge on any atom is 0.416 e. The van der Waals surface area contributed by atoms with Crippen molar-refractivity contribution in [1.29, 1.82) is 0 Å². The number of nitrogens with one attached hydrogen (secondary N) is 1. The molecule has 2 aromatic rings. The van der Waals surface area contributed by atoms with Crippen molar-refractivity contribution in [2.45, 2.75) is 25.6 Å². The van der Waals surface area contributed by atoms with E-state index in [-0.39, 0.29) is 16.8 Å². The van der Waals surface area contributed by atoms with Crippen LogP contribution < -0.4 is 5.32 Å². The van der Waals surface area contributed by atoms with Gasteiger partial charge in [-0.1, -0.05) is 18.5 Å². The fourth-order valence-electron chi connectivity index (χ4n) is 1.86. The molecule has 2 rings (SSSR count). The fourth-order valence-corrected chi connectivity index (χ4v) is 2.04. The molecule has 0 aliphatic heterocycles. The van der Waals surface area contributed by atoms with Crippen molar-refractivity contribution in [1.82, 2.24) is 0 Å². The highest BCUT2D eigenvalue weighted by atomic mass is 35.5. The quantitative estimate of drug-likeness (QED) is 0.805. The lowest BCUT2D eigenvalue weighted by molar-refractivity contribution is -0.137. The molecule has 2 nitrogen and oxygen atoms in total. The van der Waals surface area contributed by atoms with Crippen LogP contribution in [0.2, 0.25) is 5.02 Å². The summed E-state index contributed by atoms with van der Waals surface area (Å²) in [5.74, 6) is 0.654. The summed E-state index contributed by atoms with van der Waals surface area (Å²) >= 11 is 5.95. The van der Waals surface area contributed by atoms with Crippen LogP contribution in [0.5, 0.6) is 0 Å². The van der Waals surface area contributed by atoms with Gasteiger partial charge in [0, 0.05) is 0 Å². The van der Waals surface area contributed by atoms with E-state index < -0.39 is 11.7 Å². The normalized spacial score (nSPS) is 13.2. The summed E-state index contributed by atoms with van der Waals surface area (Å²) in [7, 11) is 0. The highest BCUT2D eigenvalue weighted by molar-refractivity contribution is 6.33. The molecule has 0 amide bonds. The fraction of sp³-hybridized carbons (Fsp3) is 0.286. The van der Waals surface area contributed by atoms with Crippen LogP contribution in [0.3, 0.4) is 0 Å². The van der Waals surface area contributed by atoms with E-state index in [2.05, 4.69) is 5.32 Å². The van der Waals surface area contributed by atoms with Crippen LogP contribution in [0, 0.1) is 0 Å². The number of benzene rings is 1. The smallest absolute Gasteiger partial charge is 0.416 e. The van der Waals surface area contributed by atoms with E-state index in [1.54, 1.807) is 12.1 Å². The third kappa shape index (κ3) is 3.28. The number of alkyl halides is 3. The highest BCUT2D eigenvalue weighted by Crippen LogP contribution is 2.35. The molecule has 1 N–H and O–H groups in total. The van der Waals surface area contributed by atoms with Gasteiger partial charge in [0.1, 0.15) is 5.76 Å². The molecule has 0 fully saturated rings. The van der Waals surface area contributed by atoms with Crippen molar-refractivity contribution in [3.8, 4) is 0 Å². The van der Waals surface area contributed by atoms with E-state index in [1.165, 1.54) is 12.3 Å². The molecule has 0 radical (unpaired) electrons. The number of anilines is 1. The molecule has 1 atom stereocenters. The largest absolute Gasteiger partial charge is 0.467 e. The van der Waals surface area contributed by atoms with Gasteiger partial charge in [-0.3, -0.25) is 0 Å². The van der Waals surface area contributed by atoms with E-state index in [9.17, 15) is 13.2 Å². The van der Waals surface area contributed by atoms with Gasteiger partial charge in [-0.05, 0) is 36.8 Å². The minimum absolute atomic E-state index is 0.231. The molecule has 1 heterocycles. The van der Waals surface area contributed by atoms with Gasteiger partial charge in [0.05, 0.1) is 28.6 Å². The Morgan fingerprint density at radius 3 is 2.60 bits per heavy atom. The lowest BCUT2D eigenvalue weighted by Gasteiger charge is -2.18. The van der Waals surface area contributed by atoms with Crippen LogP contribution in [0.1, 0.15) is 30.7 Å². The van der Waals surface area contributed by atoms with Crippen LogP contribution in [0.25, 0.3) is 0 Å². The summed E-state index contributed by atoms with van der Waals surface area (Å²) in [5.41, 5.74) is -0.497. The minimum Gasteiger partial charge on any atom is -0.467 e. The Hall–Kier alpha value is -1.62. The van der Waals surface area contributed by atoms with Crippen LogP contribution >= 0.6 is 11.6 Å². The third-order valence-electron chi connectivity index (χ3n) is 2.92. The number of halogens is 4. The number of rotatable bonds is 4. The van der Waals surface area contributed by atoms with Crippen molar-refractivity contribution in [3.05, 3.63) is 52.9 Å². The second-order valence-electron chi connectivity index (χ2n) is 4.31. The molecule has 0 bridgehead atoms. The van der Waals surface area contributed by atoms with Crippen LogP contribution in [-0.4, -0.2) is 0 Å². The lowest BCUT2D eigenvalue weighted by atomic mass is 10.1. The Balaban J connectivity index is 2.28. The van der Waals surface area contributed by atoms with Crippen LogP contribution in [0.4, 0.5) is 18.9 Å². The monoisotopic (exact) mass is 303 g/mol. The zero-order chi connectivity index (χ0) is 14.8.